The van der Waals surface area contributed by atoms with E-state index in [-0.39, 0.29) is 12.4 Å². The largest absolute Gasteiger partial charge is 0.485 e. The second kappa shape index (κ2) is 6.35. The van der Waals surface area contributed by atoms with Crippen LogP contribution in [0.5, 0.6) is 5.75 Å². The second-order valence-electron chi connectivity index (χ2n) is 4.54. The summed E-state index contributed by atoms with van der Waals surface area (Å²) in [5.74, 6) is 1.23. The highest BCUT2D eigenvalue weighted by Crippen LogP contribution is 2.23. The predicted octanol–water partition coefficient (Wildman–Crippen LogP) is 4.90. The Morgan fingerprint density at radius 3 is 2.42 bits per heavy atom. The Bertz CT molecular complexity index is 558. The van der Waals surface area contributed by atoms with Crippen molar-refractivity contribution in [1.82, 2.24) is 0 Å². The molecule has 0 aliphatic heterocycles. The van der Waals surface area contributed by atoms with Gasteiger partial charge in [0.25, 0.3) is 0 Å². The molecule has 0 unspecified atom stereocenters. The third-order valence-corrected chi connectivity index (χ3v) is 4.43. The lowest BCUT2D eigenvalue weighted by Gasteiger charge is -2.08. The SMILES string of the molecule is CC(C)c1ccc(OCC(=O)c2ccc(Br)s2)cc1. The van der Waals surface area contributed by atoms with E-state index < -0.39 is 0 Å². The van der Waals surface area contributed by atoms with Crippen LogP contribution in [0.1, 0.15) is 35.0 Å². The van der Waals surface area contributed by atoms with Gasteiger partial charge in [0.1, 0.15) is 5.75 Å². The summed E-state index contributed by atoms with van der Waals surface area (Å²) in [6.45, 7) is 4.37. The molecule has 0 saturated heterocycles. The zero-order valence-corrected chi connectivity index (χ0v) is 13.3. The van der Waals surface area contributed by atoms with Crippen LogP contribution in [0.25, 0.3) is 0 Å². The molecule has 0 bridgehead atoms. The number of halogens is 1. The minimum atomic E-state index is 0.00337. The highest BCUT2D eigenvalue weighted by molar-refractivity contribution is 9.11. The number of thiophene rings is 1. The van der Waals surface area contributed by atoms with E-state index in [1.807, 2.05) is 36.4 Å². The van der Waals surface area contributed by atoms with Crippen LogP contribution in [0.3, 0.4) is 0 Å². The number of ketones is 1. The van der Waals surface area contributed by atoms with Crippen LogP contribution >= 0.6 is 27.3 Å². The zero-order valence-electron chi connectivity index (χ0n) is 10.9. The molecule has 0 amide bonds. The van der Waals surface area contributed by atoms with Gasteiger partial charge in [-0.05, 0) is 51.7 Å². The highest BCUT2D eigenvalue weighted by atomic mass is 79.9. The van der Waals surface area contributed by atoms with Crippen LogP contribution in [0.2, 0.25) is 0 Å². The molecule has 0 N–H and O–H groups in total. The number of ether oxygens (including phenoxy) is 1. The molecule has 19 heavy (non-hydrogen) atoms. The van der Waals surface area contributed by atoms with E-state index >= 15 is 0 Å². The topological polar surface area (TPSA) is 26.3 Å². The van der Waals surface area contributed by atoms with Gasteiger partial charge >= 0.3 is 0 Å². The van der Waals surface area contributed by atoms with Gasteiger partial charge in [0, 0.05) is 0 Å². The van der Waals surface area contributed by atoms with Crippen molar-refractivity contribution in [2.45, 2.75) is 19.8 Å². The van der Waals surface area contributed by atoms with Gasteiger partial charge in [-0.2, -0.15) is 0 Å². The predicted molar refractivity (Wildman–Crippen MR) is 82.4 cm³/mol. The van der Waals surface area contributed by atoms with Gasteiger partial charge in [-0.3, -0.25) is 4.79 Å². The van der Waals surface area contributed by atoms with Crippen LogP contribution in [0.4, 0.5) is 0 Å². The summed E-state index contributed by atoms with van der Waals surface area (Å²) >= 11 is 4.77. The van der Waals surface area contributed by atoms with Gasteiger partial charge in [0.2, 0.25) is 5.78 Å². The number of benzene rings is 1. The van der Waals surface area contributed by atoms with Crippen molar-refractivity contribution in [3.05, 3.63) is 50.6 Å². The first-order chi connectivity index (χ1) is 9.06. The first-order valence-corrected chi connectivity index (χ1v) is 7.68. The fourth-order valence-electron chi connectivity index (χ4n) is 1.63. The Balaban J connectivity index is 1.93. The maximum Gasteiger partial charge on any atom is 0.210 e. The highest BCUT2D eigenvalue weighted by Gasteiger charge is 2.09. The summed E-state index contributed by atoms with van der Waals surface area (Å²) in [5.41, 5.74) is 1.26. The summed E-state index contributed by atoms with van der Waals surface area (Å²) in [4.78, 5) is 12.6. The Morgan fingerprint density at radius 1 is 1.21 bits per heavy atom. The molecule has 1 aromatic carbocycles. The van der Waals surface area contributed by atoms with Crippen LogP contribution in [0.15, 0.2) is 40.2 Å². The summed E-state index contributed by atoms with van der Waals surface area (Å²) in [6, 6.07) is 11.6. The van der Waals surface area contributed by atoms with Crippen molar-refractivity contribution in [2.75, 3.05) is 6.61 Å². The second-order valence-corrected chi connectivity index (χ2v) is 7.00. The summed E-state index contributed by atoms with van der Waals surface area (Å²) < 4.78 is 6.46. The third kappa shape index (κ3) is 3.91. The summed E-state index contributed by atoms with van der Waals surface area (Å²) in [6.07, 6.45) is 0. The number of rotatable bonds is 5. The average Bonchev–Trinajstić information content (AvgIpc) is 2.83. The molecule has 0 fully saturated rings. The van der Waals surface area contributed by atoms with Gasteiger partial charge in [-0.15, -0.1) is 11.3 Å². The average molecular weight is 339 g/mol. The Hall–Kier alpha value is -1.13. The first-order valence-electron chi connectivity index (χ1n) is 6.07. The molecular formula is C15H15BrO2S. The molecule has 2 aromatic rings. The molecule has 0 radical (unpaired) electrons. The van der Waals surface area contributed by atoms with Crippen molar-refractivity contribution >= 4 is 33.0 Å². The van der Waals surface area contributed by atoms with Gasteiger partial charge in [0.15, 0.2) is 6.61 Å². The minimum Gasteiger partial charge on any atom is -0.485 e. The summed E-state index contributed by atoms with van der Waals surface area (Å²) in [7, 11) is 0. The van der Waals surface area contributed by atoms with Crippen LogP contribution in [-0.2, 0) is 0 Å². The first kappa shape index (κ1) is 14.3. The molecule has 2 nitrogen and oxygen atoms in total. The molecule has 0 aliphatic rings. The van der Waals surface area contributed by atoms with Crippen LogP contribution < -0.4 is 4.74 Å². The molecule has 0 saturated carbocycles. The molecule has 0 atom stereocenters. The lowest BCUT2D eigenvalue weighted by Crippen LogP contribution is -2.10. The summed E-state index contributed by atoms with van der Waals surface area (Å²) in [5, 5.41) is 0. The van der Waals surface area contributed by atoms with E-state index in [2.05, 4.69) is 29.8 Å². The lowest BCUT2D eigenvalue weighted by molar-refractivity contribution is 0.0925. The molecule has 1 aromatic heterocycles. The van der Waals surface area contributed by atoms with E-state index in [0.29, 0.717) is 10.8 Å². The Labute approximate surface area is 125 Å². The zero-order chi connectivity index (χ0) is 13.8. The normalized spacial score (nSPS) is 10.7. The molecule has 2 rings (SSSR count). The molecule has 0 spiro atoms. The number of hydrogen-bond donors (Lipinski definition) is 0. The molecular weight excluding hydrogens is 324 g/mol. The fraction of sp³-hybridized carbons (Fsp3) is 0.267. The standard InChI is InChI=1S/C15H15BrO2S/c1-10(2)11-3-5-12(6-4-11)18-9-13(17)14-7-8-15(16)19-14/h3-8,10H,9H2,1-2H3. The monoisotopic (exact) mass is 338 g/mol. The van der Waals surface area contributed by atoms with E-state index in [4.69, 9.17) is 4.74 Å². The minimum absolute atomic E-state index is 0.00337. The third-order valence-electron chi connectivity index (χ3n) is 2.76. The number of carbonyl (C=O) groups is 1. The van der Waals surface area contributed by atoms with Gasteiger partial charge in [0.05, 0.1) is 8.66 Å². The quantitative estimate of drug-likeness (QED) is 0.725. The molecule has 0 aliphatic carbocycles. The van der Waals surface area contributed by atoms with E-state index in [1.54, 1.807) is 0 Å². The van der Waals surface area contributed by atoms with Crippen molar-refractivity contribution in [1.29, 1.82) is 0 Å². The lowest BCUT2D eigenvalue weighted by atomic mass is 10.0. The van der Waals surface area contributed by atoms with Crippen LogP contribution in [0, 0.1) is 0 Å². The van der Waals surface area contributed by atoms with Gasteiger partial charge in [-0.25, -0.2) is 0 Å². The van der Waals surface area contributed by atoms with E-state index in [1.165, 1.54) is 16.9 Å². The van der Waals surface area contributed by atoms with Gasteiger partial charge < -0.3 is 4.74 Å². The number of hydrogen-bond acceptors (Lipinski definition) is 3. The van der Waals surface area contributed by atoms with Crippen molar-refractivity contribution in [3.8, 4) is 5.75 Å². The molecule has 4 heteroatoms. The van der Waals surface area contributed by atoms with Crippen molar-refractivity contribution < 1.29 is 9.53 Å². The maximum absolute atomic E-state index is 11.9. The molecule has 1 heterocycles. The van der Waals surface area contributed by atoms with Crippen LogP contribution in [-0.4, -0.2) is 12.4 Å². The smallest absolute Gasteiger partial charge is 0.210 e. The number of carbonyl (C=O) groups excluding carboxylic acids is 1. The van der Waals surface area contributed by atoms with Gasteiger partial charge in [-0.1, -0.05) is 26.0 Å². The molecule has 100 valence electrons. The Morgan fingerprint density at radius 2 is 1.89 bits per heavy atom. The van der Waals surface area contributed by atoms with Crippen molar-refractivity contribution in [3.63, 3.8) is 0 Å². The number of Topliss-reactive ketones (excluding diaryl/α,β-unsaturated/α-hetero) is 1. The van der Waals surface area contributed by atoms with E-state index in [9.17, 15) is 4.79 Å². The Kier molecular flexibility index (Phi) is 4.77. The fourth-order valence-corrected chi connectivity index (χ4v) is 2.94. The van der Waals surface area contributed by atoms with E-state index in [0.717, 1.165) is 9.54 Å². The maximum atomic E-state index is 11.9. The van der Waals surface area contributed by atoms with Crippen molar-refractivity contribution in [2.24, 2.45) is 0 Å².